The SMILES string of the molecule is O=C(CC1(C(=O)O)CCCC1)Nc1cnc(Cl)c(Br)c1. The number of halogens is 2. The minimum absolute atomic E-state index is 0.0113. The third kappa shape index (κ3) is 3.30. The van der Waals surface area contributed by atoms with Crippen molar-refractivity contribution in [1.82, 2.24) is 4.98 Å². The van der Waals surface area contributed by atoms with Gasteiger partial charge >= 0.3 is 5.97 Å². The monoisotopic (exact) mass is 360 g/mol. The molecule has 1 aliphatic rings. The van der Waals surface area contributed by atoms with Gasteiger partial charge in [0.1, 0.15) is 5.15 Å². The highest BCUT2D eigenvalue weighted by atomic mass is 79.9. The van der Waals surface area contributed by atoms with E-state index in [0.717, 1.165) is 12.8 Å². The van der Waals surface area contributed by atoms with Crippen LogP contribution < -0.4 is 5.32 Å². The highest BCUT2D eigenvalue weighted by Gasteiger charge is 2.42. The summed E-state index contributed by atoms with van der Waals surface area (Å²) >= 11 is 8.99. The number of carboxylic acid groups (broad SMARTS) is 1. The van der Waals surface area contributed by atoms with Crippen molar-refractivity contribution < 1.29 is 14.7 Å². The second kappa shape index (κ2) is 6.10. The second-order valence-electron chi connectivity index (χ2n) is 5.01. The van der Waals surface area contributed by atoms with Crippen LogP contribution in [0.1, 0.15) is 32.1 Å². The van der Waals surface area contributed by atoms with Crippen LogP contribution in [-0.4, -0.2) is 22.0 Å². The predicted molar refractivity (Wildman–Crippen MR) is 78.7 cm³/mol. The van der Waals surface area contributed by atoms with Gasteiger partial charge < -0.3 is 10.4 Å². The molecule has 1 fully saturated rings. The Morgan fingerprint density at radius 2 is 2.10 bits per heavy atom. The molecule has 0 atom stereocenters. The maximum absolute atomic E-state index is 12.0. The summed E-state index contributed by atoms with van der Waals surface area (Å²) in [5, 5.41) is 12.3. The van der Waals surface area contributed by atoms with Crippen LogP contribution in [-0.2, 0) is 9.59 Å². The summed E-state index contributed by atoms with van der Waals surface area (Å²) in [7, 11) is 0. The minimum Gasteiger partial charge on any atom is -0.481 e. The molecule has 0 saturated heterocycles. The molecule has 1 saturated carbocycles. The molecule has 108 valence electrons. The van der Waals surface area contributed by atoms with Crippen molar-refractivity contribution in [3.8, 4) is 0 Å². The van der Waals surface area contributed by atoms with Gasteiger partial charge in [-0.3, -0.25) is 9.59 Å². The molecular weight excluding hydrogens is 348 g/mol. The van der Waals surface area contributed by atoms with E-state index >= 15 is 0 Å². The van der Waals surface area contributed by atoms with Gasteiger partial charge in [-0.25, -0.2) is 4.98 Å². The Bertz CT molecular complexity index is 544. The molecule has 5 nitrogen and oxygen atoms in total. The van der Waals surface area contributed by atoms with Crippen molar-refractivity contribution in [2.75, 3.05) is 5.32 Å². The summed E-state index contributed by atoms with van der Waals surface area (Å²) in [6.45, 7) is 0. The summed E-state index contributed by atoms with van der Waals surface area (Å²) in [5.41, 5.74) is -0.425. The van der Waals surface area contributed by atoms with E-state index in [9.17, 15) is 14.7 Å². The number of carbonyl (C=O) groups is 2. The molecule has 0 bridgehead atoms. The van der Waals surface area contributed by atoms with Gasteiger partial charge in [0.2, 0.25) is 5.91 Å². The number of rotatable bonds is 4. The number of carboxylic acids is 1. The topological polar surface area (TPSA) is 79.3 Å². The van der Waals surface area contributed by atoms with Crippen molar-refractivity contribution in [3.63, 3.8) is 0 Å². The molecule has 1 amide bonds. The number of nitrogens with one attached hydrogen (secondary N) is 1. The van der Waals surface area contributed by atoms with Crippen LogP contribution in [0, 0.1) is 5.41 Å². The molecule has 2 N–H and O–H groups in total. The van der Waals surface area contributed by atoms with Gasteiger partial charge in [-0.15, -0.1) is 0 Å². The molecule has 7 heteroatoms. The molecule has 0 radical (unpaired) electrons. The molecule has 1 aromatic rings. The zero-order valence-corrected chi connectivity index (χ0v) is 13.0. The smallest absolute Gasteiger partial charge is 0.310 e. The van der Waals surface area contributed by atoms with Gasteiger partial charge in [-0.05, 0) is 34.8 Å². The molecule has 1 heterocycles. The number of amides is 1. The first kappa shape index (κ1) is 15.3. The van der Waals surface area contributed by atoms with E-state index in [1.54, 1.807) is 6.07 Å². The third-order valence-corrected chi connectivity index (χ3v) is 4.73. The third-order valence-electron chi connectivity index (χ3n) is 3.59. The normalized spacial score (nSPS) is 16.9. The van der Waals surface area contributed by atoms with E-state index in [-0.39, 0.29) is 12.3 Å². The van der Waals surface area contributed by atoms with E-state index < -0.39 is 11.4 Å². The first-order valence-corrected chi connectivity index (χ1v) is 7.44. The van der Waals surface area contributed by atoms with Crippen LogP contribution in [0.25, 0.3) is 0 Å². The molecular formula is C13H14BrClN2O3. The number of nitrogens with zero attached hydrogens (tertiary/aromatic N) is 1. The van der Waals surface area contributed by atoms with Crippen LogP contribution >= 0.6 is 27.5 Å². The summed E-state index contributed by atoms with van der Waals surface area (Å²) in [6.07, 6.45) is 4.24. The van der Waals surface area contributed by atoms with Gasteiger partial charge in [0.15, 0.2) is 0 Å². The summed E-state index contributed by atoms with van der Waals surface area (Å²) < 4.78 is 0.575. The zero-order valence-electron chi connectivity index (χ0n) is 10.7. The minimum atomic E-state index is -0.916. The van der Waals surface area contributed by atoms with Gasteiger partial charge in [0.05, 0.1) is 21.8 Å². The summed E-state index contributed by atoms with van der Waals surface area (Å²) in [4.78, 5) is 27.3. The Hall–Kier alpha value is -1.14. The highest BCUT2D eigenvalue weighted by Crippen LogP contribution is 2.41. The number of aliphatic carboxylic acids is 1. The lowest BCUT2D eigenvalue weighted by atomic mass is 9.82. The Morgan fingerprint density at radius 1 is 1.45 bits per heavy atom. The molecule has 1 aromatic heterocycles. The van der Waals surface area contributed by atoms with Gasteiger partial charge in [-0.2, -0.15) is 0 Å². The second-order valence-corrected chi connectivity index (χ2v) is 6.23. The number of carbonyl (C=O) groups excluding carboxylic acids is 1. The number of aromatic nitrogens is 1. The van der Waals surface area contributed by atoms with E-state index in [4.69, 9.17) is 11.6 Å². The lowest BCUT2D eigenvalue weighted by molar-refractivity contribution is -0.150. The molecule has 0 aliphatic heterocycles. The van der Waals surface area contributed by atoms with E-state index in [2.05, 4.69) is 26.2 Å². The molecule has 20 heavy (non-hydrogen) atoms. The molecule has 0 spiro atoms. The number of pyridine rings is 1. The fraction of sp³-hybridized carbons (Fsp3) is 0.462. The average molecular weight is 362 g/mol. The predicted octanol–water partition coefficient (Wildman–Crippen LogP) is 3.47. The highest BCUT2D eigenvalue weighted by molar-refractivity contribution is 9.10. The number of hydrogen-bond acceptors (Lipinski definition) is 3. The Kier molecular flexibility index (Phi) is 4.65. The number of anilines is 1. The van der Waals surface area contributed by atoms with Gasteiger partial charge in [-0.1, -0.05) is 24.4 Å². The standard InChI is InChI=1S/C13H14BrClN2O3/c14-9-5-8(7-16-11(9)15)17-10(18)6-13(12(19)20)3-1-2-4-13/h5,7H,1-4,6H2,(H,17,18)(H,19,20). The molecule has 1 aliphatic carbocycles. The first-order chi connectivity index (χ1) is 9.43. The van der Waals surface area contributed by atoms with Crippen molar-refractivity contribution >= 4 is 45.1 Å². The van der Waals surface area contributed by atoms with Crippen molar-refractivity contribution in [2.45, 2.75) is 32.1 Å². The van der Waals surface area contributed by atoms with Gasteiger partial charge in [0, 0.05) is 6.42 Å². The Labute approximate surface area is 129 Å². The van der Waals surface area contributed by atoms with Crippen molar-refractivity contribution in [1.29, 1.82) is 0 Å². The molecule has 0 unspecified atom stereocenters. The quantitative estimate of drug-likeness (QED) is 0.805. The van der Waals surface area contributed by atoms with Crippen molar-refractivity contribution in [3.05, 3.63) is 21.9 Å². The van der Waals surface area contributed by atoms with E-state index in [1.165, 1.54) is 6.20 Å². The average Bonchev–Trinajstić information content (AvgIpc) is 2.83. The summed E-state index contributed by atoms with van der Waals surface area (Å²) in [5.74, 6) is -1.20. The first-order valence-electron chi connectivity index (χ1n) is 6.27. The van der Waals surface area contributed by atoms with Crippen LogP contribution in [0.3, 0.4) is 0 Å². The zero-order chi connectivity index (χ0) is 14.8. The molecule has 2 rings (SSSR count). The van der Waals surface area contributed by atoms with Crippen LogP contribution in [0.2, 0.25) is 5.15 Å². The van der Waals surface area contributed by atoms with Crippen LogP contribution in [0.5, 0.6) is 0 Å². The largest absolute Gasteiger partial charge is 0.481 e. The molecule has 0 aromatic carbocycles. The van der Waals surface area contributed by atoms with Crippen LogP contribution in [0.4, 0.5) is 5.69 Å². The van der Waals surface area contributed by atoms with E-state index in [0.29, 0.717) is 28.2 Å². The Balaban J connectivity index is 2.04. The number of hydrogen-bond donors (Lipinski definition) is 2. The summed E-state index contributed by atoms with van der Waals surface area (Å²) in [6, 6.07) is 1.63. The maximum atomic E-state index is 12.0. The van der Waals surface area contributed by atoms with E-state index in [1.807, 2.05) is 0 Å². The van der Waals surface area contributed by atoms with Crippen molar-refractivity contribution in [2.24, 2.45) is 5.41 Å². The van der Waals surface area contributed by atoms with Gasteiger partial charge in [0.25, 0.3) is 0 Å². The lowest BCUT2D eigenvalue weighted by Crippen LogP contribution is -2.32. The lowest BCUT2D eigenvalue weighted by Gasteiger charge is -2.22. The Morgan fingerprint density at radius 3 is 2.65 bits per heavy atom. The fourth-order valence-electron chi connectivity index (χ4n) is 2.52. The maximum Gasteiger partial charge on any atom is 0.310 e. The van der Waals surface area contributed by atoms with Crippen LogP contribution in [0.15, 0.2) is 16.7 Å². The fourth-order valence-corrected chi connectivity index (χ4v) is 2.97.